The first-order valence-electron chi connectivity index (χ1n) is 26.7. The third-order valence-electron chi connectivity index (χ3n) is 15.1. The number of aliphatic hydroxyl groups is 1. The van der Waals surface area contributed by atoms with Crippen molar-refractivity contribution < 1.29 is 33.3 Å². The van der Waals surface area contributed by atoms with E-state index < -0.39 is 11.9 Å². The number of aliphatic hydroxyl groups excluding tert-OH is 1. The average Bonchev–Trinajstić information content (AvgIpc) is 4.42. The Morgan fingerprint density at radius 3 is 2.49 bits per heavy atom. The highest BCUT2D eigenvalue weighted by Crippen LogP contribution is 2.46. The fourth-order valence-electron chi connectivity index (χ4n) is 10.8. The van der Waals surface area contributed by atoms with Crippen LogP contribution in [0.25, 0.3) is 54.6 Å². The first-order valence-corrected chi connectivity index (χ1v) is 27.8. The Morgan fingerprint density at radius 2 is 1.82 bits per heavy atom. The predicted octanol–water partition coefficient (Wildman–Crippen LogP) is 9.30. The third-order valence-corrected chi connectivity index (χ3v) is 16.5. The molecule has 414 valence electrons. The Morgan fingerprint density at radius 1 is 1.05 bits per heavy atom. The fourth-order valence-corrected chi connectivity index (χ4v) is 11.9. The van der Waals surface area contributed by atoms with Crippen LogP contribution >= 0.6 is 22.9 Å². The summed E-state index contributed by atoms with van der Waals surface area (Å²) in [5, 5.41) is 36.3. The lowest BCUT2D eigenvalue weighted by molar-refractivity contribution is -0.137. The molecule has 5 unspecified atom stereocenters. The SMILES string of the molecule is CO[C@@H](C)COc1nc(N2CC3CC2CN3)c2cnc(-c3ccc(F)c4sc(N)c(C#N)c34)c(OCc3ccc(-c4cn(C(C(=O)N5CCCC5C)C(C)C)nn4)cc3)c2n1.O=CNC(CO)c1ccc(-c2ccccc2Cl)cc1. The number of carbonyl (C=O) groups is 2. The summed E-state index contributed by atoms with van der Waals surface area (Å²) in [7, 11) is 1.62. The molecule has 2 bridgehead atoms. The second-order valence-electron chi connectivity index (χ2n) is 20.7. The number of fused-ring (bicyclic) bond motifs is 4. The Labute approximate surface area is 471 Å². The number of halogens is 2. The number of thiophene rings is 1. The smallest absolute Gasteiger partial charge is 0.319 e. The number of nitrogens with zero attached hydrogens (tertiary/aromatic N) is 9. The van der Waals surface area contributed by atoms with Crippen LogP contribution in [-0.4, -0.2) is 116 Å². The highest BCUT2D eigenvalue weighted by molar-refractivity contribution is 7.23. The van der Waals surface area contributed by atoms with Gasteiger partial charge in [-0.05, 0) is 73.9 Å². The number of rotatable bonds is 18. The van der Waals surface area contributed by atoms with Gasteiger partial charge in [-0.3, -0.25) is 14.6 Å². The number of likely N-dealkylation sites (tertiary alicyclic amines) is 1. The quantitative estimate of drug-likeness (QED) is 0.0587. The first-order chi connectivity index (χ1) is 38.8. The summed E-state index contributed by atoms with van der Waals surface area (Å²) in [6.45, 7) is 10.6. The molecule has 6 atom stereocenters. The molecule has 0 spiro atoms. The minimum absolute atomic E-state index is 0.0257. The molecule has 80 heavy (non-hydrogen) atoms. The van der Waals surface area contributed by atoms with Crippen molar-refractivity contribution in [2.75, 3.05) is 50.6 Å². The molecule has 21 heteroatoms. The van der Waals surface area contributed by atoms with Gasteiger partial charge in [-0.1, -0.05) is 97.4 Å². The second-order valence-corrected chi connectivity index (χ2v) is 22.1. The molecule has 0 aliphatic carbocycles. The summed E-state index contributed by atoms with van der Waals surface area (Å²) in [5.74, 6) is 0.608. The molecule has 0 radical (unpaired) electrons. The highest BCUT2D eigenvalue weighted by Gasteiger charge is 2.40. The van der Waals surface area contributed by atoms with E-state index in [4.69, 9.17) is 46.5 Å². The van der Waals surface area contributed by atoms with Gasteiger partial charge in [-0.2, -0.15) is 15.2 Å². The average molecular weight is 1120 g/mol. The Kier molecular flexibility index (Phi) is 16.9. The molecular formula is C59H62ClFN12O6S. The van der Waals surface area contributed by atoms with E-state index in [1.807, 2.05) is 105 Å². The second kappa shape index (κ2) is 24.3. The van der Waals surface area contributed by atoms with Gasteiger partial charge >= 0.3 is 6.01 Å². The van der Waals surface area contributed by atoms with E-state index in [1.165, 1.54) is 6.07 Å². The Bertz CT molecular complexity index is 3580. The van der Waals surface area contributed by atoms with Crippen LogP contribution in [0.2, 0.25) is 5.02 Å². The van der Waals surface area contributed by atoms with E-state index in [0.29, 0.717) is 62.3 Å². The maximum atomic E-state index is 15.3. The number of anilines is 2. The number of nitrogens with two attached hydrogens (primary N) is 1. The van der Waals surface area contributed by atoms with Crippen LogP contribution in [0.4, 0.5) is 15.2 Å². The van der Waals surface area contributed by atoms with E-state index in [2.05, 4.69) is 38.8 Å². The molecule has 4 aromatic carbocycles. The van der Waals surface area contributed by atoms with Gasteiger partial charge in [0.2, 0.25) is 12.3 Å². The lowest BCUT2D eigenvalue weighted by Crippen LogP contribution is -2.44. The summed E-state index contributed by atoms with van der Waals surface area (Å²) >= 11 is 7.16. The van der Waals surface area contributed by atoms with Gasteiger partial charge in [0.15, 0.2) is 5.75 Å². The van der Waals surface area contributed by atoms with Crippen molar-refractivity contribution in [2.24, 2.45) is 5.92 Å². The minimum atomic E-state index is -0.488. The van der Waals surface area contributed by atoms with Crippen LogP contribution in [0.3, 0.4) is 0 Å². The van der Waals surface area contributed by atoms with Crippen LogP contribution in [-0.2, 0) is 20.9 Å². The zero-order valence-electron chi connectivity index (χ0n) is 45.0. The summed E-state index contributed by atoms with van der Waals surface area (Å²) in [5.41, 5.74) is 12.9. The van der Waals surface area contributed by atoms with Gasteiger partial charge < -0.3 is 45.5 Å². The summed E-state index contributed by atoms with van der Waals surface area (Å²) in [6, 6.07) is 28.2. The molecule has 0 saturated carbocycles. The van der Waals surface area contributed by atoms with E-state index in [-0.39, 0.29) is 77.2 Å². The lowest BCUT2D eigenvalue weighted by atomic mass is 10.0. The zero-order chi connectivity index (χ0) is 56.2. The van der Waals surface area contributed by atoms with E-state index in [9.17, 15) is 20.0 Å². The summed E-state index contributed by atoms with van der Waals surface area (Å²) in [6.07, 6.45) is 6.93. The normalized spacial score (nSPS) is 17.8. The van der Waals surface area contributed by atoms with Crippen molar-refractivity contribution >= 4 is 67.1 Å². The van der Waals surface area contributed by atoms with Crippen molar-refractivity contribution in [2.45, 2.75) is 89.9 Å². The van der Waals surface area contributed by atoms with Gasteiger partial charge in [0.25, 0.3) is 0 Å². The van der Waals surface area contributed by atoms with Gasteiger partial charge in [0, 0.05) is 78.2 Å². The van der Waals surface area contributed by atoms with Gasteiger partial charge in [-0.15, -0.1) is 16.4 Å². The van der Waals surface area contributed by atoms with E-state index in [1.54, 1.807) is 24.1 Å². The molecule has 5 N–H and O–H groups in total. The summed E-state index contributed by atoms with van der Waals surface area (Å²) < 4.78 is 35.7. The van der Waals surface area contributed by atoms with Crippen LogP contribution in [0.1, 0.15) is 75.7 Å². The van der Waals surface area contributed by atoms with Gasteiger partial charge in [0.05, 0.1) is 40.6 Å². The monoisotopic (exact) mass is 1120 g/mol. The number of hydrogen-bond acceptors (Lipinski definition) is 16. The lowest BCUT2D eigenvalue weighted by Gasteiger charge is -2.29. The zero-order valence-corrected chi connectivity index (χ0v) is 46.5. The molecular weight excluding hydrogens is 1060 g/mol. The molecule has 2 amide bonds. The van der Waals surface area contributed by atoms with Gasteiger partial charge in [-0.25, -0.2) is 9.07 Å². The predicted molar refractivity (Wildman–Crippen MR) is 307 cm³/mol. The van der Waals surface area contributed by atoms with Crippen LogP contribution in [0, 0.1) is 23.1 Å². The number of piperazine rings is 1. The fraction of sp³-hybridized carbons (Fsp3) is 0.356. The van der Waals surface area contributed by atoms with Crippen molar-refractivity contribution in [1.29, 1.82) is 5.26 Å². The number of nitrogens with one attached hydrogen (secondary N) is 2. The first kappa shape index (κ1) is 55.5. The number of hydrogen-bond donors (Lipinski definition) is 4. The molecule has 11 rings (SSSR count). The Hall–Kier alpha value is -7.80. The standard InChI is InChI=1S/C44H48FN11O4S.C15H14ClNO2/c1-23(2)38(43(57)54-14-6-7-24(54)3)56-20-34(52-53-56)27-10-8-26(9-11-27)22-59-39-36(30-12-13-33(45)40-35(30)31(16-46)41(47)61-40)49-18-32-37(39)50-44(60-21-25(4)58-5)51-42(32)55-19-28-15-29(55)17-48-28;16-14-4-2-1-3-13(14)11-5-7-12(8-6-11)15(9-18)17-10-19/h8-13,18,20,23-25,28-29,38,48H,6-7,14-15,17,19,21-22,47H2,1-5H3;1-8,10,15,18H,9H2,(H,17,19)/t24?,25-,28?,29?,38?;/m0./s1. The molecule has 7 heterocycles. The molecule has 3 fully saturated rings. The number of aromatic nitrogens is 6. The number of ether oxygens (including phenoxy) is 3. The van der Waals surface area contributed by atoms with Crippen molar-refractivity contribution in [3.63, 3.8) is 0 Å². The van der Waals surface area contributed by atoms with E-state index >= 15 is 4.39 Å². The number of amides is 2. The molecule has 3 saturated heterocycles. The Balaban J connectivity index is 0.000000320. The number of methoxy groups -OCH3 is 1. The van der Waals surface area contributed by atoms with Crippen molar-refractivity contribution in [3.05, 3.63) is 125 Å². The molecule has 4 aromatic heterocycles. The maximum Gasteiger partial charge on any atom is 0.319 e. The minimum Gasteiger partial charge on any atom is -0.484 e. The van der Waals surface area contributed by atoms with Crippen molar-refractivity contribution in [3.8, 4) is 51.5 Å². The van der Waals surface area contributed by atoms with Gasteiger partial charge in [0.1, 0.15) is 58.9 Å². The number of benzene rings is 4. The molecule has 3 aliphatic heterocycles. The highest BCUT2D eigenvalue weighted by atomic mass is 35.5. The molecule has 8 aromatic rings. The van der Waals surface area contributed by atoms with E-state index in [0.717, 1.165) is 78.1 Å². The van der Waals surface area contributed by atoms with Crippen molar-refractivity contribution in [1.82, 2.24) is 45.5 Å². The molecule has 3 aliphatic rings. The number of pyridine rings is 1. The maximum absolute atomic E-state index is 15.3. The largest absolute Gasteiger partial charge is 0.484 e. The van der Waals surface area contributed by atoms with Crippen LogP contribution in [0.5, 0.6) is 11.8 Å². The summed E-state index contributed by atoms with van der Waals surface area (Å²) in [4.78, 5) is 43.2. The third kappa shape index (κ3) is 11.3. The topological polar surface area (TPSA) is 232 Å². The number of nitrogen functional groups attached to an aromatic ring is 1. The number of carbonyl (C=O) groups excluding carboxylic acids is 2. The van der Waals surface area contributed by atoms with Crippen LogP contribution in [0.15, 0.2) is 97.3 Å². The molecule has 18 nitrogen and oxygen atoms in total. The number of nitriles is 1. The van der Waals surface area contributed by atoms with Crippen LogP contribution < -0.4 is 30.7 Å².